The lowest BCUT2D eigenvalue weighted by Gasteiger charge is -2.24. The van der Waals surface area contributed by atoms with Crippen LogP contribution in [0.15, 0.2) is 12.1 Å². The van der Waals surface area contributed by atoms with Crippen LogP contribution in [0.2, 0.25) is 0 Å². The van der Waals surface area contributed by atoms with E-state index in [4.69, 9.17) is 0 Å². The molecular weight excluding hydrogens is 212 g/mol. The number of hydrogen-bond acceptors (Lipinski definition) is 2. The molecule has 1 atom stereocenters. The third kappa shape index (κ3) is 3.01. The highest BCUT2D eigenvalue weighted by molar-refractivity contribution is 5.47. The lowest BCUT2D eigenvalue weighted by molar-refractivity contribution is 0.274. The zero-order valence-corrected chi connectivity index (χ0v) is 11.5. The largest absolute Gasteiger partial charge is 0.507 e. The summed E-state index contributed by atoms with van der Waals surface area (Å²) < 4.78 is 0. The molecule has 1 aromatic carbocycles. The summed E-state index contributed by atoms with van der Waals surface area (Å²) in [6.07, 6.45) is 1.05. The quantitative estimate of drug-likeness (QED) is 0.840. The van der Waals surface area contributed by atoms with Gasteiger partial charge in [-0.1, -0.05) is 40.7 Å². The van der Waals surface area contributed by atoms with Crippen LogP contribution in [0.1, 0.15) is 63.6 Å². The first-order valence-corrected chi connectivity index (χ1v) is 6.28. The molecule has 2 heteroatoms. The van der Waals surface area contributed by atoms with E-state index in [1.165, 1.54) is 5.56 Å². The third-order valence-corrected chi connectivity index (χ3v) is 3.37. The van der Waals surface area contributed by atoms with Gasteiger partial charge in [-0.2, -0.15) is 0 Å². The predicted molar refractivity (Wildman–Crippen MR) is 71.4 cm³/mol. The molecule has 0 aliphatic heterocycles. The molecule has 0 heterocycles. The van der Waals surface area contributed by atoms with Crippen molar-refractivity contribution < 1.29 is 10.2 Å². The minimum Gasteiger partial charge on any atom is -0.507 e. The average Bonchev–Trinajstić information content (AvgIpc) is 2.26. The van der Waals surface area contributed by atoms with Crippen LogP contribution in [0.5, 0.6) is 5.75 Å². The number of aliphatic hydroxyl groups is 1. The van der Waals surface area contributed by atoms with Crippen LogP contribution >= 0.6 is 0 Å². The fourth-order valence-corrected chi connectivity index (χ4v) is 1.93. The zero-order chi connectivity index (χ0) is 13.2. The first-order valence-electron chi connectivity index (χ1n) is 6.28. The van der Waals surface area contributed by atoms with Crippen LogP contribution in [-0.2, 0) is 12.0 Å². The molecule has 0 aliphatic rings. The summed E-state index contributed by atoms with van der Waals surface area (Å²) in [7, 11) is 0. The highest BCUT2D eigenvalue weighted by Crippen LogP contribution is 2.36. The second kappa shape index (κ2) is 5.09. The Balaban J connectivity index is 3.39. The summed E-state index contributed by atoms with van der Waals surface area (Å²) in [6.45, 7) is 10.4. The van der Waals surface area contributed by atoms with Crippen LogP contribution in [0.4, 0.5) is 0 Å². The molecule has 0 radical (unpaired) electrons. The van der Waals surface area contributed by atoms with Crippen molar-refractivity contribution in [3.8, 4) is 5.75 Å². The predicted octanol–water partition coefficient (Wildman–Crippen LogP) is 3.70. The summed E-state index contributed by atoms with van der Waals surface area (Å²) in [5.74, 6) is 0.689. The van der Waals surface area contributed by atoms with E-state index in [9.17, 15) is 10.2 Å². The molecule has 1 aromatic rings. The van der Waals surface area contributed by atoms with E-state index >= 15 is 0 Å². The zero-order valence-electron chi connectivity index (χ0n) is 11.5. The van der Waals surface area contributed by atoms with Gasteiger partial charge in [0.25, 0.3) is 0 Å². The maximum absolute atomic E-state index is 10.1. The molecule has 2 nitrogen and oxygen atoms in total. The second-order valence-corrected chi connectivity index (χ2v) is 5.79. The topological polar surface area (TPSA) is 40.5 Å². The minimum atomic E-state index is -0.114. The van der Waals surface area contributed by atoms with Crippen LogP contribution in [0, 0.1) is 0 Å². The summed E-state index contributed by atoms with van der Waals surface area (Å²) in [5, 5.41) is 19.5. The normalized spacial score (nSPS) is 13.8. The van der Waals surface area contributed by atoms with E-state index in [0.717, 1.165) is 12.0 Å². The Morgan fingerprint density at radius 2 is 1.82 bits per heavy atom. The van der Waals surface area contributed by atoms with Gasteiger partial charge in [0.15, 0.2) is 0 Å². The van der Waals surface area contributed by atoms with Crippen molar-refractivity contribution in [1.82, 2.24) is 0 Å². The van der Waals surface area contributed by atoms with Gasteiger partial charge in [-0.05, 0) is 34.9 Å². The number of benzene rings is 1. The lowest BCUT2D eigenvalue weighted by Crippen LogP contribution is -2.13. The molecule has 0 fully saturated rings. The monoisotopic (exact) mass is 236 g/mol. The molecule has 0 aromatic heterocycles. The van der Waals surface area contributed by atoms with E-state index in [1.54, 1.807) is 0 Å². The van der Waals surface area contributed by atoms with Crippen LogP contribution in [0.25, 0.3) is 0 Å². The molecule has 1 rings (SSSR count). The molecule has 96 valence electrons. The fraction of sp³-hybridized carbons (Fsp3) is 0.600. The third-order valence-electron chi connectivity index (χ3n) is 3.37. The maximum Gasteiger partial charge on any atom is 0.124 e. The molecule has 17 heavy (non-hydrogen) atoms. The van der Waals surface area contributed by atoms with Crippen molar-refractivity contribution in [2.45, 2.75) is 59.0 Å². The Bertz CT molecular complexity index is 389. The summed E-state index contributed by atoms with van der Waals surface area (Å²) in [4.78, 5) is 0. The summed E-state index contributed by atoms with van der Waals surface area (Å²) in [5.41, 5.74) is 2.63. The molecule has 2 N–H and O–H groups in total. The Kier molecular flexibility index (Phi) is 4.21. The van der Waals surface area contributed by atoms with E-state index in [-0.39, 0.29) is 17.8 Å². The Hall–Kier alpha value is -1.02. The molecule has 0 aliphatic carbocycles. The first kappa shape index (κ1) is 14.0. The van der Waals surface area contributed by atoms with Crippen LogP contribution < -0.4 is 0 Å². The van der Waals surface area contributed by atoms with E-state index in [1.807, 2.05) is 6.07 Å². The highest BCUT2D eigenvalue weighted by atomic mass is 16.3. The van der Waals surface area contributed by atoms with Crippen molar-refractivity contribution in [2.24, 2.45) is 0 Å². The van der Waals surface area contributed by atoms with E-state index in [2.05, 4.69) is 40.7 Å². The molecular formula is C15H24O2. The lowest BCUT2D eigenvalue weighted by atomic mass is 9.82. The number of phenols is 1. The molecule has 0 amide bonds. The molecule has 0 saturated carbocycles. The van der Waals surface area contributed by atoms with Gasteiger partial charge in [0.2, 0.25) is 0 Å². The van der Waals surface area contributed by atoms with Crippen LogP contribution in [-0.4, -0.2) is 10.2 Å². The SMILES string of the molecule is CCC(C)c1cc(CO)c(O)c(C(C)(C)C)c1. The minimum absolute atomic E-state index is 0.112. The van der Waals surface area contributed by atoms with Gasteiger partial charge in [-0.25, -0.2) is 0 Å². The summed E-state index contributed by atoms with van der Waals surface area (Å²) in [6, 6.07) is 3.99. The number of aliphatic hydroxyl groups excluding tert-OH is 1. The van der Waals surface area contributed by atoms with Gasteiger partial charge >= 0.3 is 0 Å². The Morgan fingerprint density at radius 3 is 2.24 bits per heavy atom. The first-order chi connectivity index (χ1) is 7.81. The van der Waals surface area contributed by atoms with Gasteiger partial charge in [0, 0.05) is 5.56 Å². The van der Waals surface area contributed by atoms with Gasteiger partial charge in [0.05, 0.1) is 6.61 Å². The van der Waals surface area contributed by atoms with Gasteiger partial charge in [0.1, 0.15) is 5.75 Å². The standard InChI is InChI=1S/C15H24O2/c1-6-10(2)11-7-12(9-16)14(17)13(8-11)15(3,4)5/h7-8,10,16-17H,6,9H2,1-5H3. The number of hydrogen-bond donors (Lipinski definition) is 2. The molecule has 0 saturated heterocycles. The maximum atomic E-state index is 10.1. The van der Waals surface area contributed by atoms with Crippen molar-refractivity contribution in [1.29, 1.82) is 0 Å². The molecule has 1 unspecified atom stereocenters. The fourth-order valence-electron chi connectivity index (χ4n) is 1.93. The van der Waals surface area contributed by atoms with Crippen molar-refractivity contribution in [2.75, 3.05) is 0 Å². The van der Waals surface area contributed by atoms with E-state index < -0.39 is 0 Å². The number of aromatic hydroxyl groups is 1. The van der Waals surface area contributed by atoms with Crippen molar-refractivity contribution in [3.05, 3.63) is 28.8 Å². The van der Waals surface area contributed by atoms with Crippen molar-refractivity contribution >= 4 is 0 Å². The molecule has 0 spiro atoms. The summed E-state index contributed by atoms with van der Waals surface area (Å²) >= 11 is 0. The number of rotatable bonds is 3. The second-order valence-electron chi connectivity index (χ2n) is 5.79. The van der Waals surface area contributed by atoms with Crippen molar-refractivity contribution in [3.63, 3.8) is 0 Å². The highest BCUT2D eigenvalue weighted by Gasteiger charge is 2.22. The van der Waals surface area contributed by atoms with Gasteiger partial charge in [-0.3, -0.25) is 0 Å². The van der Waals surface area contributed by atoms with E-state index in [0.29, 0.717) is 11.5 Å². The smallest absolute Gasteiger partial charge is 0.124 e. The average molecular weight is 236 g/mol. The Morgan fingerprint density at radius 1 is 1.24 bits per heavy atom. The van der Waals surface area contributed by atoms with Gasteiger partial charge < -0.3 is 10.2 Å². The Labute approximate surface area is 104 Å². The van der Waals surface area contributed by atoms with Crippen LogP contribution in [0.3, 0.4) is 0 Å². The van der Waals surface area contributed by atoms with Gasteiger partial charge in [-0.15, -0.1) is 0 Å². The molecule has 0 bridgehead atoms.